The van der Waals surface area contributed by atoms with Gasteiger partial charge in [0.1, 0.15) is 0 Å². The van der Waals surface area contributed by atoms with Crippen molar-refractivity contribution in [1.82, 2.24) is 19.6 Å². The van der Waals surface area contributed by atoms with Crippen LogP contribution in [0, 0.1) is 0 Å². The Hall–Kier alpha value is -3.28. The van der Waals surface area contributed by atoms with Gasteiger partial charge in [-0.1, -0.05) is 48.5 Å². The number of nitrogens with zero attached hydrogens (tertiary/aromatic N) is 6. The van der Waals surface area contributed by atoms with E-state index in [1.165, 1.54) is 0 Å². The largest absolute Gasteiger partial charge is 0.231 e. The van der Waals surface area contributed by atoms with E-state index in [1.54, 1.807) is 9.20 Å². The predicted octanol–water partition coefficient (Wildman–Crippen LogP) is 4.15. The second kappa shape index (κ2) is 5.49. The quantitative estimate of drug-likeness (QED) is 0.534. The molecule has 0 amide bonds. The number of benzene rings is 2. The van der Waals surface area contributed by atoms with Gasteiger partial charge >= 0.3 is 0 Å². The minimum Gasteiger partial charge on any atom is -0.231 e. The van der Waals surface area contributed by atoms with Gasteiger partial charge in [-0.2, -0.15) is 4.52 Å². The molecule has 4 aromatic rings. The van der Waals surface area contributed by atoms with Crippen LogP contribution in [0.25, 0.3) is 16.8 Å². The number of azo groups is 1. The number of aromatic nitrogens is 4. The zero-order valence-electron chi connectivity index (χ0n) is 12.5. The zero-order valence-corrected chi connectivity index (χ0v) is 12.5. The van der Waals surface area contributed by atoms with Crippen molar-refractivity contribution < 1.29 is 0 Å². The van der Waals surface area contributed by atoms with Gasteiger partial charge in [-0.3, -0.25) is 0 Å². The fraction of sp³-hybridized carbons (Fsp3) is 0.0588. The van der Waals surface area contributed by atoms with Crippen molar-refractivity contribution >= 4 is 17.2 Å². The zero-order chi connectivity index (χ0) is 15.6. The second-order valence-corrected chi connectivity index (χ2v) is 5.16. The molecule has 0 aliphatic heterocycles. The smallest absolute Gasteiger partial charge is 0.187 e. The molecule has 0 aliphatic carbocycles. The maximum atomic E-state index is 4.43. The Morgan fingerprint density at radius 2 is 1.52 bits per heavy atom. The molecule has 0 radical (unpaired) electrons. The number of hydrogen-bond donors (Lipinski definition) is 0. The molecule has 0 spiro atoms. The Bertz CT molecular complexity index is 966. The molecule has 0 saturated heterocycles. The molecular formula is C17H14N6. The molecule has 6 nitrogen and oxygen atoms in total. The van der Waals surface area contributed by atoms with Crippen molar-refractivity contribution in [2.45, 2.75) is 0 Å². The van der Waals surface area contributed by atoms with Gasteiger partial charge < -0.3 is 0 Å². The number of aryl methyl sites for hydroxylation is 1. The Kier molecular flexibility index (Phi) is 3.20. The third kappa shape index (κ3) is 2.40. The van der Waals surface area contributed by atoms with Crippen LogP contribution in [0.5, 0.6) is 0 Å². The first-order chi connectivity index (χ1) is 11.3. The van der Waals surface area contributed by atoms with Crippen LogP contribution in [0.3, 0.4) is 0 Å². The summed E-state index contributed by atoms with van der Waals surface area (Å²) in [5, 5.41) is 16.9. The summed E-state index contributed by atoms with van der Waals surface area (Å²) in [7, 11) is 1.86. The van der Waals surface area contributed by atoms with Crippen molar-refractivity contribution in [1.29, 1.82) is 0 Å². The highest BCUT2D eigenvalue weighted by Crippen LogP contribution is 2.34. The summed E-state index contributed by atoms with van der Waals surface area (Å²) < 4.78 is 3.42. The summed E-state index contributed by atoms with van der Waals surface area (Å²) in [4.78, 5) is 0. The van der Waals surface area contributed by atoms with Gasteiger partial charge in [0.25, 0.3) is 0 Å². The molecule has 0 fully saturated rings. The molecule has 0 bridgehead atoms. The van der Waals surface area contributed by atoms with Crippen LogP contribution < -0.4 is 0 Å². The summed E-state index contributed by atoms with van der Waals surface area (Å²) in [6.07, 6.45) is 0. The van der Waals surface area contributed by atoms with Crippen LogP contribution in [-0.2, 0) is 7.05 Å². The first-order valence-electron chi connectivity index (χ1n) is 7.26. The molecular weight excluding hydrogens is 288 g/mol. The molecule has 0 atom stereocenters. The summed E-state index contributed by atoms with van der Waals surface area (Å²) in [5.41, 5.74) is 3.71. The van der Waals surface area contributed by atoms with E-state index in [0.717, 1.165) is 22.5 Å². The topological polar surface area (TPSA) is 59.8 Å². The van der Waals surface area contributed by atoms with E-state index in [4.69, 9.17) is 0 Å². The average Bonchev–Trinajstić information content (AvgIpc) is 3.15. The Morgan fingerprint density at radius 1 is 0.826 bits per heavy atom. The van der Waals surface area contributed by atoms with Crippen LogP contribution >= 0.6 is 0 Å². The van der Waals surface area contributed by atoms with Crippen LogP contribution in [0.4, 0.5) is 11.5 Å². The summed E-state index contributed by atoms with van der Waals surface area (Å²) >= 11 is 0. The first kappa shape index (κ1) is 13.4. The number of rotatable bonds is 3. The Balaban J connectivity index is 1.88. The van der Waals surface area contributed by atoms with E-state index in [0.29, 0.717) is 5.82 Å². The van der Waals surface area contributed by atoms with E-state index in [9.17, 15) is 0 Å². The second-order valence-electron chi connectivity index (χ2n) is 5.16. The molecule has 4 rings (SSSR count). The summed E-state index contributed by atoms with van der Waals surface area (Å²) in [6.45, 7) is 0. The van der Waals surface area contributed by atoms with Crippen molar-refractivity contribution in [2.24, 2.45) is 17.3 Å². The van der Waals surface area contributed by atoms with Crippen LogP contribution in [-0.4, -0.2) is 19.6 Å². The van der Waals surface area contributed by atoms with Crippen molar-refractivity contribution in [2.75, 3.05) is 0 Å². The van der Waals surface area contributed by atoms with E-state index in [2.05, 4.69) is 20.7 Å². The number of hydrogen-bond acceptors (Lipinski definition) is 4. The molecule has 0 unspecified atom stereocenters. The Morgan fingerprint density at radius 3 is 2.26 bits per heavy atom. The number of tetrazole rings is 1. The van der Waals surface area contributed by atoms with Gasteiger partial charge in [0.2, 0.25) is 0 Å². The molecule has 0 N–H and O–H groups in total. The third-order valence-corrected chi connectivity index (χ3v) is 3.63. The SMILES string of the molecule is Cn1nnn2c(N=Nc3ccccc3)c(-c3ccccc3)cc12. The lowest BCUT2D eigenvalue weighted by atomic mass is 10.1. The highest BCUT2D eigenvalue weighted by Gasteiger charge is 2.15. The van der Waals surface area contributed by atoms with E-state index < -0.39 is 0 Å². The summed E-state index contributed by atoms with van der Waals surface area (Å²) in [5.74, 6) is 0.670. The Labute approximate surface area is 132 Å². The van der Waals surface area contributed by atoms with Crippen LogP contribution in [0.1, 0.15) is 0 Å². The van der Waals surface area contributed by atoms with E-state index in [1.807, 2.05) is 73.8 Å². The van der Waals surface area contributed by atoms with Gasteiger partial charge in [-0.15, -0.1) is 10.2 Å². The van der Waals surface area contributed by atoms with Gasteiger partial charge in [0, 0.05) is 12.6 Å². The maximum Gasteiger partial charge on any atom is 0.187 e. The van der Waals surface area contributed by atoms with Gasteiger partial charge in [0.05, 0.1) is 5.69 Å². The highest BCUT2D eigenvalue weighted by molar-refractivity contribution is 5.79. The standard InChI is InChI=1S/C17H14N6/c1-22-16-12-15(13-8-4-2-5-9-13)17(23(16)21-20-22)19-18-14-10-6-3-7-11-14/h2-12H,1H3. The molecule has 112 valence electrons. The maximum absolute atomic E-state index is 4.43. The van der Waals surface area contributed by atoms with E-state index in [-0.39, 0.29) is 0 Å². The normalized spacial score (nSPS) is 11.5. The van der Waals surface area contributed by atoms with Crippen molar-refractivity contribution in [3.63, 3.8) is 0 Å². The molecule has 0 saturated carbocycles. The fourth-order valence-corrected chi connectivity index (χ4v) is 2.47. The van der Waals surface area contributed by atoms with Crippen LogP contribution in [0.2, 0.25) is 0 Å². The molecule has 6 heteroatoms. The molecule has 2 aromatic carbocycles. The molecule has 2 aromatic heterocycles. The monoisotopic (exact) mass is 302 g/mol. The first-order valence-corrected chi connectivity index (χ1v) is 7.26. The highest BCUT2D eigenvalue weighted by atomic mass is 15.6. The van der Waals surface area contributed by atoms with Gasteiger partial charge in [0.15, 0.2) is 11.5 Å². The minimum absolute atomic E-state index is 0.670. The third-order valence-electron chi connectivity index (χ3n) is 3.63. The molecule has 2 heterocycles. The lowest BCUT2D eigenvalue weighted by Gasteiger charge is -1.99. The summed E-state index contributed by atoms with van der Waals surface area (Å²) in [6, 6.07) is 21.7. The average molecular weight is 302 g/mol. The lowest BCUT2D eigenvalue weighted by molar-refractivity contribution is 0.712. The van der Waals surface area contributed by atoms with E-state index >= 15 is 0 Å². The van der Waals surface area contributed by atoms with Crippen molar-refractivity contribution in [3.05, 3.63) is 66.7 Å². The van der Waals surface area contributed by atoms with Crippen LogP contribution in [0.15, 0.2) is 77.0 Å². The predicted molar refractivity (Wildman–Crippen MR) is 88.0 cm³/mol. The number of fused-ring (bicyclic) bond motifs is 1. The van der Waals surface area contributed by atoms with Gasteiger partial charge in [-0.25, -0.2) is 4.68 Å². The van der Waals surface area contributed by atoms with Crippen molar-refractivity contribution in [3.8, 4) is 11.1 Å². The molecule has 0 aliphatic rings. The lowest BCUT2D eigenvalue weighted by Crippen LogP contribution is -1.88. The van der Waals surface area contributed by atoms with Gasteiger partial charge in [-0.05, 0) is 34.2 Å². The minimum atomic E-state index is 0.670. The fourth-order valence-electron chi connectivity index (χ4n) is 2.47. The molecule has 23 heavy (non-hydrogen) atoms.